The summed E-state index contributed by atoms with van der Waals surface area (Å²) in [6.45, 7) is 18.0. The molecule has 0 saturated heterocycles. The van der Waals surface area contributed by atoms with Crippen LogP contribution in [0.15, 0.2) is 103 Å². The Balaban J connectivity index is 0.00000374. The third-order valence-electron chi connectivity index (χ3n) is 13.1. The second kappa shape index (κ2) is 22.1. The minimum absolute atomic E-state index is 0. The molecule has 0 aliphatic heterocycles. The molecule has 4 nitrogen and oxygen atoms in total. The molecule has 0 atom stereocenters. The first-order valence-corrected chi connectivity index (χ1v) is 23.5. The topological polar surface area (TPSA) is 51.6 Å². The third kappa shape index (κ3) is 11.7. The van der Waals surface area contributed by atoms with Gasteiger partial charge in [0.15, 0.2) is 17.5 Å². The number of aromatic nitrogens is 4. The number of unbranched alkanes of at least 4 members (excludes halogenated alkanes) is 10. The Morgan fingerprint density at radius 1 is 0.508 bits per heavy atom. The predicted molar refractivity (Wildman–Crippen MR) is 265 cm³/mol. The monoisotopic (exact) mass is 1020 g/mol. The van der Waals surface area contributed by atoms with Crippen LogP contribution in [0.25, 0.3) is 56.5 Å². The van der Waals surface area contributed by atoms with Crippen molar-refractivity contribution in [3.8, 4) is 56.5 Å². The van der Waals surface area contributed by atoms with Crippen LogP contribution < -0.4 is 0 Å². The van der Waals surface area contributed by atoms with Gasteiger partial charge in [0.05, 0.1) is 0 Å². The zero-order valence-corrected chi connectivity index (χ0v) is 41.2. The van der Waals surface area contributed by atoms with Crippen molar-refractivity contribution < 1.29 is 20.1 Å². The molecule has 7 rings (SSSR count). The zero-order valence-electron chi connectivity index (χ0n) is 38.8. The van der Waals surface area contributed by atoms with Gasteiger partial charge >= 0.3 is 0 Å². The molecule has 0 bridgehead atoms. The number of nitrogens with zero attached hydrogens (tertiary/aromatic N) is 4. The van der Waals surface area contributed by atoms with Crippen LogP contribution in [0.3, 0.4) is 0 Å². The van der Waals surface area contributed by atoms with Crippen LogP contribution in [-0.4, -0.2) is 19.9 Å². The van der Waals surface area contributed by atoms with E-state index in [1.807, 2.05) is 6.20 Å². The van der Waals surface area contributed by atoms with Crippen molar-refractivity contribution in [2.75, 3.05) is 0 Å². The van der Waals surface area contributed by atoms with Crippen LogP contribution in [0.2, 0.25) is 0 Å². The van der Waals surface area contributed by atoms with Crippen LogP contribution in [-0.2, 0) is 36.4 Å². The van der Waals surface area contributed by atoms with E-state index in [1.165, 1.54) is 123 Å². The second-order valence-electron chi connectivity index (χ2n) is 19.7. The molecule has 0 fully saturated rings. The summed E-state index contributed by atoms with van der Waals surface area (Å²) in [5.74, 6) is 1.93. The Hall–Kier alpha value is -4.31. The Morgan fingerprint density at radius 2 is 0.968 bits per heavy atom. The summed E-state index contributed by atoms with van der Waals surface area (Å²) >= 11 is 0. The molecule has 1 aliphatic rings. The molecule has 0 N–H and O–H groups in total. The Kier molecular flexibility index (Phi) is 17.4. The van der Waals surface area contributed by atoms with Gasteiger partial charge in [0.25, 0.3) is 0 Å². The first-order valence-electron chi connectivity index (χ1n) is 23.5. The fourth-order valence-electron chi connectivity index (χ4n) is 9.30. The quantitative estimate of drug-likeness (QED) is 0.0636. The van der Waals surface area contributed by atoms with E-state index in [0.717, 1.165) is 27.9 Å². The second-order valence-corrected chi connectivity index (χ2v) is 19.7. The van der Waals surface area contributed by atoms with E-state index in [-0.39, 0.29) is 43.8 Å². The average molecular weight is 1020 g/mol. The van der Waals surface area contributed by atoms with Crippen LogP contribution >= 0.6 is 0 Å². The van der Waals surface area contributed by atoms with Gasteiger partial charge in [0, 0.05) is 48.4 Å². The summed E-state index contributed by atoms with van der Waals surface area (Å²) in [7, 11) is 0. The first kappa shape index (κ1) is 49.7. The van der Waals surface area contributed by atoms with E-state index in [2.05, 4.69) is 159 Å². The average Bonchev–Trinajstić information content (AvgIpc) is 3.54. The van der Waals surface area contributed by atoms with Crippen molar-refractivity contribution in [1.29, 1.82) is 0 Å². The predicted octanol–water partition coefficient (Wildman–Crippen LogP) is 16.7. The van der Waals surface area contributed by atoms with Gasteiger partial charge in [-0.1, -0.05) is 236 Å². The van der Waals surface area contributed by atoms with E-state index in [0.29, 0.717) is 17.5 Å². The molecule has 6 aromatic rings. The van der Waals surface area contributed by atoms with E-state index in [4.69, 9.17) is 19.9 Å². The van der Waals surface area contributed by atoms with Crippen molar-refractivity contribution in [3.63, 3.8) is 0 Å². The largest absolute Gasteiger partial charge is 0.304 e. The number of benzene rings is 4. The minimum Gasteiger partial charge on any atom is -0.304 e. The summed E-state index contributed by atoms with van der Waals surface area (Å²) in [4.78, 5) is 20.3. The van der Waals surface area contributed by atoms with Gasteiger partial charge in [0.1, 0.15) is 0 Å². The molecule has 2 aromatic heterocycles. The molecule has 0 saturated carbocycles. The maximum absolute atomic E-state index is 5.11. The standard InChI is InChI=1S/C57H69N4.CH4.Ir/c1-9-11-13-15-17-21-37-57(38-22-18-16-14-12-10-2)49-24-20-19-23-47(49)48-35-29-43(39-50(48)57)51-36-30-44(40-58-51)54-60-52(41-25-31-45(32-26-41)55(3,4)5)59-53(61-54)42-27-33-46(34-28-42)56(6,7)8;;/h19-20,23-28,30-36,39-40H,9-18,21-22,37-38H2,1-8H3;1H4;/q-1;;. The van der Waals surface area contributed by atoms with E-state index >= 15 is 0 Å². The van der Waals surface area contributed by atoms with E-state index in [1.54, 1.807) is 0 Å². The van der Waals surface area contributed by atoms with Crippen LogP contribution in [0, 0.1) is 6.07 Å². The normalized spacial score (nSPS) is 12.9. The summed E-state index contributed by atoms with van der Waals surface area (Å²) in [6, 6.07) is 39.1. The van der Waals surface area contributed by atoms with Crippen LogP contribution in [0.4, 0.5) is 0 Å². The Morgan fingerprint density at radius 3 is 1.44 bits per heavy atom. The van der Waals surface area contributed by atoms with Crippen LogP contribution in [0.5, 0.6) is 0 Å². The minimum atomic E-state index is 0. The Labute approximate surface area is 395 Å². The van der Waals surface area contributed by atoms with Crippen molar-refractivity contribution >= 4 is 0 Å². The molecule has 335 valence electrons. The summed E-state index contributed by atoms with van der Waals surface area (Å²) in [5.41, 5.74) is 13.2. The SMILES string of the molecule is C.CCCCCCCCC1(CCCCCCCC)c2ccccc2-c2c[c-]c(-c3ccc(-c4nc(-c5ccc(C(C)(C)C)cc5)nc(-c5ccc(C(C)(C)C)cc5)n4)cn3)cc21.[Ir]. The van der Waals surface area contributed by atoms with Crippen molar-refractivity contribution in [2.24, 2.45) is 0 Å². The zero-order chi connectivity index (χ0) is 43.0. The number of pyridine rings is 1. The van der Waals surface area contributed by atoms with Crippen LogP contribution in [0.1, 0.15) is 175 Å². The van der Waals surface area contributed by atoms with Gasteiger partial charge in [-0.25, -0.2) is 15.0 Å². The molecule has 63 heavy (non-hydrogen) atoms. The van der Waals surface area contributed by atoms with Gasteiger partial charge in [-0.3, -0.25) is 0 Å². The number of rotatable bonds is 18. The molecule has 1 aliphatic carbocycles. The van der Waals surface area contributed by atoms with Crippen molar-refractivity contribution in [2.45, 2.75) is 169 Å². The number of fused-ring (bicyclic) bond motifs is 3. The fourth-order valence-corrected chi connectivity index (χ4v) is 9.30. The summed E-state index contributed by atoms with van der Waals surface area (Å²) in [6.07, 6.45) is 20.0. The number of hydrogen-bond donors (Lipinski definition) is 0. The molecule has 5 heteroatoms. The van der Waals surface area contributed by atoms with Gasteiger partial charge in [-0.15, -0.1) is 29.3 Å². The fraction of sp³-hybridized carbons (Fsp3) is 0.448. The van der Waals surface area contributed by atoms with Gasteiger partial charge in [-0.05, 0) is 46.1 Å². The van der Waals surface area contributed by atoms with E-state index in [9.17, 15) is 0 Å². The third-order valence-corrected chi connectivity index (χ3v) is 13.1. The smallest absolute Gasteiger partial charge is 0.165 e. The van der Waals surface area contributed by atoms with Gasteiger partial charge < -0.3 is 4.98 Å². The summed E-state index contributed by atoms with van der Waals surface area (Å²) in [5, 5.41) is 0. The molecule has 0 amide bonds. The summed E-state index contributed by atoms with van der Waals surface area (Å²) < 4.78 is 0. The molecule has 4 aromatic carbocycles. The molecule has 0 spiro atoms. The molecule has 0 unspecified atom stereocenters. The van der Waals surface area contributed by atoms with E-state index < -0.39 is 0 Å². The molecule has 2 heterocycles. The molecule has 1 radical (unpaired) electrons. The van der Waals surface area contributed by atoms with Crippen molar-refractivity contribution in [3.05, 3.63) is 132 Å². The van der Waals surface area contributed by atoms with Gasteiger partial charge in [-0.2, -0.15) is 0 Å². The van der Waals surface area contributed by atoms with Gasteiger partial charge in [0.2, 0.25) is 0 Å². The first-order chi connectivity index (χ1) is 29.4. The molecular formula is C58H73IrN4-. The maximum atomic E-state index is 5.11. The Bertz CT molecular complexity index is 2260. The maximum Gasteiger partial charge on any atom is 0.165 e. The van der Waals surface area contributed by atoms with Crippen molar-refractivity contribution in [1.82, 2.24) is 19.9 Å². The molecular weight excluding hydrogens is 945 g/mol. The number of hydrogen-bond acceptors (Lipinski definition) is 4.